The fraction of sp³-hybridized carbons (Fsp3) is 0.861. The summed E-state index contributed by atoms with van der Waals surface area (Å²) in [5, 5.41) is 5.81. The average Bonchev–Trinajstić information content (AvgIpc) is 2.88. The van der Waals surface area contributed by atoms with Crippen LogP contribution in [0, 0.1) is 48.3 Å². The second kappa shape index (κ2) is 21.8. The molecule has 0 aliphatic carbocycles. The van der Waals surface area contributed by atoms with Crippen molar-refractivity contribution in [3.05, 3.63) is 22.1 Å². The summed E-state index contributed by atoms with van der Waals surface area (Å²) in [5.41, 5.74) is 0.325. The maximum Gasteiger partial charge on any atom is 0.321 e. The summed E-state index contributed by atoms with van der Waals surface area (Å²) in [7, 11) is 0. The number of hydrogen-bond donors (Lipinski definition) is 3. The van der Waals surface area contributed by atoms with Crippen LogP contribution in [0.3, 0.4) is 0 Å². The van der Waals surface area contributed by atoms with Crippen molar-refractivity contribution in [2.24, 2.45) is 41.4 Å². The van der Waals surface area contributed by atoms with E-state index in [1.807, 2.05) is 0 Å². The van der Waals surface area contributed by atoms with Gasteiger partial charge in [-0.15, -0.1) is 0 Å². The predicted molar refractivity (Wildman–Crippen MR) is 181 cm³/mol. The Morgan fingerprint density at radius 2 is 1.07 bits per heavy atom. The van der Waals surface area contributed by atoms with Gasteiger partial charge in [0.2, 0.25) is 5.95 Å². The van der Waals surface area contributed by atoms with Gasteiger partial charge >= 0.3 is 6.03 Å². The largest absolute Gasteiger partial charge is 0.338 e. The minimum atomic E-state index is -0.299. The topological polar surface area (TPSA) is 86.9 Å². The summed E-state index contributed by atoms with van der Waals surface area (Å²) in [6, 6.07) is 1.12. The predicted octanol–water partition coefficient (Wildman–Crippen LogP) is 10.1. The zero-order valence-electron chi connectivity index (χ0n) is 29.0. The van der Waals surface area contributed by atoms with Gasteiger partial charge in [0.25, 0.3) is 5.56 Å². The molecule has 0 aromatic carbocycles. The molecule has 3 N–H and O–H groups in total. The lowest BCUT2D eigenvalue weighted by Crippen LogP contribution is -2.34. The molecule has 0 fully saturated rings. The van der Waals surface area contributed by atoms with Crippen LogP contribution in [-0.4, -0.2) is 22.5 Å². The Hall–Kier alpha value is -1.85. The Morgan fingerprint density at radius 3 is 1.45 bits per heavy atom. The highest BCUT2D eigenvalue weighted by Gasteiger charge is 2.17. The molecular formula is C36H68N4O2. The Morgan fingerprint density at radius 1 is 0.667 bits per heavy atom. The van der Waals surface area contributed by atoms with Gasteiger partial charge in [-0.25, -0.2) is 9.78 Å². The standard InChI is InChI=1S/C36H68N4O2/c1-26(2)16-20-31(21-17-27(3)4)12-10-14-33(15-11-13-32(22-18-28(5)6)23-19-29(7)8)25-37-36(42)40-35-38-30(9)24-34(41)39-35/h24,26-29,31-33H,10-23,25H2,1-9H3,(H3,37,38,39,40,41,42). The van der Waals surface area contributed by atoms with Crippen molar-refractivity contribution in [3.8, 4) is 0 Å². The van der Waals surface area contributed by atoms with E-state index in [-0.39, 0.29) is 17.5 Å². The van der Waals surface area contributed by atoms with Gasteiger partial charge in [-0.05, 0) is 61.2 Å². The van der Waals surface area contributed by atoms with E-state index in [0.717, 1.165) is 48.3 Å². The average molecular weight is 589 g/mol. The lowest BCUT2D eigenvalue weighted by molar-refractivity contribution is 0.247. The molecule has 0 aliphatic rings. The van der Waals surface area contributed by atoms with Crippen LogP contribution in [0.1, 0.15) is 151 Å². The molecule has 0 atom stereocenters. The van der Waals surface area contributed by atoms with Crippen LogP contribution < -0.4 is 16.2 Å². The third kappa shape index (κ3) is 20.1. The number of H-pyrrole nitrogens is 1. The number of nitrogens with one attached hydrogen (secondary N) is 3. The molecule has 244 valence electrons. The molecule has 0 aliphatic heterocycles. The summed E-state index contributed by atoms with van der Waals surface area (Å²) in [6.45, 7) is 21.1. The summed E-state index contributed by atoms with van der Waals surface area (Å²) in [6.07, 6.45) is 18.0. The molecule has 42 heavy (non-hydrogen) atoms. The molecule has 0 bridgehead atoms. The molecule has 0 radical (unpaired) electrons. The van der Waals surface area contributed by atoms with Gasteiger partial charge in [0, 0.05) is 18.3 Å². The number of rotatable bonds is 23. The van der Waals surface area contributed by atoms with Crippen LogP contribution in [-0.2, 0) is 0 Å². The number of aromatic nitrogens is 2. The van der Waals surface area contributed by atoms with E-state index in [1.165, 1.54) is 83.1 Å². The van der Waals surface area contributed by atoms with E-state index in [0.29, 0.717) is 18.2 Å². The Bertz CT molecular complexity index is 835. The van der Waals surface area contributed by atoms with Gasteiger partial charge < -0.3 is 5.32 Å². The van der Waals surface area contributed by atoms with E-state index in [9.17, 15) is 9.59 Å². The van der Waals surface area contributed by atoms with E-state index >= 15 is 0 Å². The number of anilines is 1. The number of hydrogen-bond acceptors (Lipinski definition) is 3. The first-order chi connectivity index (χ1) is 19.8. The Kier molecular flexibility index (Phi) is 19.8. The molecule has 1 aromatic rings. The van der Waals surface area contributed by atoms with Crippen LogP contribution in [0.25, 0.3) is 0 Å². The highest BCUT2D eigenvalue weighted by Crippen LogP contribution is 2.29. The van der Waals surface area contributed by atoms with Crippen LogP contribution in [0.15, 0.2) is 10.9 Å². The first kappa shape index (κ1) is 38.2. The highest BCUT2D eigenvalue weighted by atomic mass is 16.2. The van der Waals surface area contributed by atoms with Crippen molar-refractivity contribution in [3.63, 3.8) is 0 Å². The van der Waals surface area contributed by atoms with Crippen LogP contribution in [0.2, 0.25) is 0 Å². The number of urea groups is 1. The number of aromatic amines is 1. The molecule has 1 heterocycles. The van der Waals surface area contributed by atoms with Gasteiger partial charge in [0.1, 0.15) is 0 Å². The van der Waals surface area contributed by atoms with Crippen LogP contribution >= 0.6 is 0 Å². The number of nitrogens with zero attached hydrogens (tertiary/aromatic N) is 1. The van der Waals surface area contributed by atoms with E-state index in [1.54, 1.807) is 6.92 Å². The van der Waals surface area contributed by atoms with Crippen molar-refractivity contribution in [2.75, 3.05) is 11.9 Å². The van der Waals surface area contributed by atoms with Gasteiger partial charge in [-0.3, -0.25) is 15.1 Å². The Balaban J connectivity index is 2.77. The second-order valence-corrected chi connectivity index (χ2v) is 14.9. The normalized spacial score (nSPS) is 12.2. The fourth-order valence-corrected chi connectivity index (χ4v) is 5.91. The minimum absolute atomic E-state index is 0.199. The zero-order chi connectivity index (χ0) is 31.5. The van der Waals surface area contributed by atoms with Crippen molar-refractivity contribution in [1.82, 2.24) is 15.3 Å². The fourth-order valence-electron chi connectivity index (χ4n) is 5.91. The third-order valence-corrected chi connectivity index (χ3v) is 8.71. The molecule has 6 nitrogen and oxygen atoms in total. The van der Waals surface area contributed by atoms with Crippen molar-refractivity contribution in [2.45, 2.75) is 152 Å². The van der Waals surface area contributed by atoms with Crippen molar-refractivity contribution < 1.29 is 4.79 Å². The lowest BCUT2D eigenvalue weighted by Gasteiger charge is -2.23. The van der Waals surface area contributed by atoms with Gasteiger partial charge in [-0.2, -0.15) is 0 Å². The van der Waals surface area contributed by atoms with Gasteiger partial charge in [0.15, 0.2) is 0 Å². The highest BCUT2D eigenvalue weighted by molar-refractivity contribution is 5.87. The second-order valence-electron chi connectivity index (χ2n) is 14.9. The van der Waals surface area contributed by atoms with E-state index in [2.05, 4.69) is 76.0 Å². The molecule has 0 spiro atoms. The van der Waals surface area contributed by atoms with Gasteiger partial charge in [0.05, 0.1) is 0 Å². The first-order valence-corrected chi connectivity index (χ1v) is 17.5. The monoisotopic (exact) mass is 589 g/mol. The maximum atomic E-state index is 12.7. The van der Waals surface area contributed by atoms with Crippen LogP contribution in [0.4, 0.5) is 10.7 Å². The minimum Gasteiger partial charge on any atom is -0.338 e. The van der Waals surface area contributed by atoms with E-state index in [4.69, 9.17) is 0 Å². The molecule has 2 amide bonds. The van der Waals surface area contributed by atoms with Crippen LogP contribution in [0.5, 0.6) is 0 Å². The molecule has 0 unspecified atom stereocenters. The summed E-state index contributed by atoms with van der Waals surface area (Å²) < 4.78 is 0. The number of amides is 2. The number of carbonyl (C=O) groups excluding carboxylic acids is 1. The summed E-state index contributed by atoms with van der Waals surface area (Å²) >= 11 is 0. The summed E-state index contributed by atoms with van der Waals surface area (Å²) in [4.78, 5) is 31.3. The molecule has 1 rings (SSSR count). The molecule has 0 saturated heterocycles. The third-order valence-electron chi connectivity index (χ3n) is 8.71. The zero-order valence-corrected chi connectivity index (χ0v) is 29.0. The van der Waals surface area contributed by atoms with Crippen molar-refractivity contribution >= 4 is 12.0 Å². The number of carbonyl (C=O) groups is 1. The van der Waals surface area contributed by atoms with Gasteiger partial charge in [-0.1, -0.05) is 132 Å². The lowest BCUT2D eigenvalue weighted by atomic mass is 9.84. The quantitative estimate of drug-likeness (QED) is 0.119. The molecule has 6 heteroatoms. The molecular weight excluding hydrogens is 520 g/mol. The maximum absolute atomic E-state index is 12.7. The number of aryl methyl sites for hydroxylation is 1. The van der Waals surface area contributed by atoms with Crippen molar-refractivity contribution in [1.29, 1.82) is 0 Å². The first-order valence-electron chi connectivity index (χ1n) is 17.5. The molecule has 0 saturated carbocycles. The molecule has 1 aromatic heterocycles. The SMILES string of the molecule is Cc1cc(=O)[nH]c(NC(=O)NCC(CCCC(CCC(C)C)CCC(C)C)CCCC(CCC(C)C)CCC(C)C)n1. The van der Waals surface area contributed by atoms with E-state index < -0.39 is 0 Å². The summed E-state index contributed by atoms with van der Waals surface area (Å²) in [5.74, 6) is 5.34. The smallest absolute Gasteiger partial charge is 0.321 e. The Labute approximate surface area is 259 Å².